The first-order valence-corrected chi connectivity index (χ1v) is 11.7. The lowest BCUT2D eigenvalue weighted by Crippen LogP contribution is -2.40. The number of sulfone groups is 1. The third-order valence-corrected chi connectivity index (χ3v) is 7.48. The number of benzene rings is 2. The molecule has 0 radical (unpaired) electrons. The molecule has 156 valence electrons. The molecule has 30 heavy (non-hydrogen) atoms. The summed E-state index contributed by atoms with van der Waals surface area (Å²) in [6.45, 7) is 2.00. The van der Waals surface area contributed by atoms with Crippen molar-refractivity contribution in [1.82, 2.24) is 4.90 Å². The molecule has 2 heterocycles. The number of hydrogen-bond acceptors (Lipinski definition) is 5. The van der Waals surface area contributed by atoms with Gasteiger partial charge < -0.3 is 9.32 Å². The minimum atomic E-state index is -3.20. The van der Waals surface area contributed by atoms with Gasteiger partial charge in [-0.3, -0.25) is 9.59 Å². The Morgan fingerprint density at radius 3 is 2.60 bits per heavy atom. The molecule has 8 heteroatoms. The van der Waals surface area contributed by atoms with Gasteiger partial charge in [0.25, 0.3) is 5.91 Å². The summed E-state index contributed by atoms with van der Waals surface area (Å²) in [6, 6.07) is 13.1. The average molecular weight is 446 g/mol. The maximum atomic E-state index is 13.4. The van der Waals surface area contributed by atoms with Crippen molar-refractivity contribution in [3.05, 3.63) is 80.7 Å². The molecule has 1 atom stereocenters. The molecule has 1 aromatic heterocycles. The highest BCUT2D eigenvalue weighted by atomic mass is 35.5. The molecular weight excluding hydrogens is 426 g/mol. The highest BCUT2D eigenvalue weighted by molar-refractivity contribution is 7.91. The van der Waals surface area contributed by atoms with Gasteiger partial charge in [0, 0.05) is 23.7 Å². The largest absolute Gasteiger partial charge is 0.451 e. The molecule has 0 bridgehead atoms. The zero-order valence-electron chi connectivity index (χ0n) is 16.3. The van der Waals surface area contributed by atoms with Gasteiger partial charge in [-0.25, -0.2) is 8.42 Å². The summed E-state index contributed by atoms with van der Waals surface area (Å²) in [7, 11) is -3.20. The van der Waals surface area contributed by atoms with Gasteiger partial charge in [0.2, 0.25) is 0 Å². The standard InChI is InChI=1S/C22H20ClNO5S/c1-14-9-20-17(10-18(14)23)19(25)11-21(29-20)22(26)24(12-15-5-3-2-4-6-15)16-7-8-30(27,28)13-16/h2-6,9-11,16H,7-8,12-13H2,1H3/t16-/m0/s1. The molecule has 0 N–H and O–H groups in total. The van der Waals surface area contributed by atoms with Gasteiger partial charge in [-0.15, -0.1) is 0 Å². The highest BCUT2D eigenvalue weighted by Gasteiger charge is 2.36. The summed E-state index contributed by atoms with van der Waals surface area (Å²) in [5.41, 5.74) is 1.48. The monoisotopic (exact) mass is 445 g/mol. The molecule has 1 saturated heterocycles. The number of fused-ring (bicyclic) bond motifs is 1. The maximum Gasteiger partial charge on any atom is 0.290 e. The Morgan fingerprint density at radius 1 is 1.20 bits per heavy atom. The first kappa shape index (κ1) is 20.6. The van der Waals surface area contributed by atoms with Crippen molar-refractivity contribution in [3.8, 4) is 0 Å². The first-order chi connectivity index (χ1) is 14.2. The molecule has 1 aliphatic rings. The molecule has 0 spiro atoms. The van der Waals surface area contributed by atoms with E-state index in [4.69, 9.17) is 16.0 Å². The second kappa shape index (κ2) is 7.89. The van der Waals surface area contributed by atoms with E-state index >= 15 is 0 Å². The minimum Gasteiger partial charge on any atom is -0.451 e. The van der Waals surface area contributed by atoms with Crippen LogP contribution in [0.3, 0.4) is 0 Å². The molecule has 0 saturated carbocycles. The average Bonchev–Trinajstić information content (AvgIpc) is 3.07. The van der Waals surface area contributed by atoms with E-state index in [2.05, 4.69) is 0 Å². The summed E-state index contributed by atoms with van der Waals surface area (Å²) >= 11 is 6.10. The molecule has 0 aliphatic carbocycles. The van der Waals surface area contributed by atoms with Crippen LogP contribution in [0.15, 0.2) is 57.7 Å². The van der Waals surface area contributed by atoms with E-state index in [9.17, 15) is 18.0 Å². The van der Waals surface area contributed by atoms with Crippen LogP contribution in [-0.4, -0.2) is 36.8 Å². The van der Waals surface area contributed by atoms with Gasteiger partial charge in [-0.2, -0.15) is 0 Å². The smallest absolute Gasteiger partial charge is 0.290 e. The van der Waals surface area contributed by atoms with Gasteiger partial charge in [-0.05, 0) is 36.6 Å². The summed E-state index contributed by atoms with van der Waals surface area (Å²) in [5.74, 6) is -0.685. The Kier molecular flexibility index (Phi) is 5.42. The number of aryl methyl sites for hydroxylation is 1. The highest BCUT2D eigenvalue weighted by Crippen LogP contribution is 2.25. The number of carbonyl (C=O) groups is 1. The molecule has 6 nitrogen and oxygen atoms in total. The van der Waals surface area contributed by atoms with Crippen molar-refractivity contribution >= 4 is 38.3 Å². The molecule has 4 rings (SSSR count). The Labute approximate surface area is 179 Å². The Bertz CT molecular complexity index is 1280. The number of rotatable bonds is 4. The van der Waals surface area contributed by atoms with Crippen molar-refractivity contribution < 1.29 is 17.6 Å². The number of carbonyl (C=O) groups excluding carboxylic acids is 1. The molecule has 1 amide bonds. The fraction of sp³-hybridized carbons (Fsp3) is 0.273. The first-order valence-electron chi connectivity index (χ1n) is 9.53. The van der Waals surface area contributed by atoms with E-state index in [-0.39, 0.29) is 34.8 Å². The molecule has 3 aromatic rings. The second-order valence-corrected chi connectivity index (χ2v) is 10.2. The van der Waals surface area contributed by atoms with Crippen LogP contribution in [0, 0.1) is 6.92 Å². The molecule has 2 aromatic carbocycles. The van der Waals surface area contributed by atoms with Crippen LogP contribution in [-0.2, 0) is 16.4 Å². The molecule has 1 fully saturated rings. The Hall–Kier alpha value is -2.64. The maximum absolute atomic E-state index is 13.4. The fourth-order valence-electron chi connectivity index (χ4n) is 3.69. The van der Waals surface area contributed by atoms with E-state index in [0.717, 1.165) is 17.2 Å². The van der Waals surface area contributed by atoms with E-state index in [1.807, 2.05) is 30.3 Å². The Morgan fingerprint density at radius 2 is 1.93 bits per heavy atom. The molecule has 1 aliphatic heterocycles. The number of halogens is 1. The van der Waals surface area contributed by atoms with Crippen LogP contribution in [0.2, 0.25) is 5.02 Å². The lowest BCUT2D eigenvalue weighted by atomic mass is 10.1. The van der Waals surface area contributed by atoms with E-state index < -0.39 is 21.8 Å². The third-order valence-electron chi connectivity index (χ3n) is 5.32. The Balaban J connectivity index is 1.76. The van der Waals surface area contributed by atoms with Crippen LogP contribution >= 0.6 is 11.6 Å². The lowest BCUT2D eigenvalue weighted by Gasteiger charge is -2.28. The van der Waals surface area contributed by atoms with Gasteiger partial charge in [0.05, 0.1) is 16.9 Å². The van der Waals surface area contributed by atoms with Crippen LogP contribution in [0.25, 0.3) is 11.0 Å². The zero-order chi connectivity index (χ0) is 21.5. The van der Waals surface area contributed by atoms with Crippen LogP contribution in [0.4, 0.5) is 0 Å². The van der Waals surface area contributed by atoms with Crippen LogP contribution in [0.1, 0.15) is 28.1 Å². The van der Waals surface area contributed by atoms with E-state index in [1.54, 1.807) is 13.0 Å². The van der Waals surface area contributed by atoms with E-state index in [0.29, 0.717) is 16.8 Å². The fourth-order valence-corrected chi connectivity index (χ4v) is 5.59. The van der Waals surface area contributed by atoms with Gasteiger partial charge >= 0.3 is 0 Å². The van der Waals surface area contributed by atoms with Crippen molar-refractivity contribution in [2.24, 2.45) is 0 Å². The predicted octanol–water partition coefficient (Wildman–Crippen LogP) is 3.58. The molecular formula is C22H20ClNO5S. The second-order valence-electron chi connectivity index (χ2n) is 7.55. The zero-order valence-corrected chi connectivity index (χ0v) is 17.9. The lowest BCUT2D eigenvalue weighted by molar-refractivity contribution is 0.0648. The minimum absolute atomic E-state index is 0.0373. The van der Waals surface area contributed by atoms with Crippen molar-refractivity contribution in [2.45, 2.75) is 25.9 Å². The number of nitrogens with zero attached hydrogens (tertiary/aromatic N) is 1. The SMILES string of the molecule is Cc1cc2oc(C(=O)N(Cc3ccccc3)[C@H]3CCS(=O)(=O)C3)cc(=O)c2cc1Cl. The van der Waals surface area contributed by atoms with E-state index in [1.165, 1.54) is 11.0 Å². The van der Waals surface area contributed by atoms with Crippen molar-refractivity contribution in [2.75, 3.05) is 11.5 Å². The van der Waals surface area contributed by atoms with Crippen molar-refractivity contribution in [3.63, 3.8) is 0 Å². The van der Waals surface area contributed by atoms with Gasteiger partial charge in [0.1, 0.15) is 5.58 Å². The summed E-state index contributed by atoms with van der Waals surface area (Å²) < 4.78 is 29.8. The van der Waals surface area contributed by atoms with Gasteiger partial charge in [0.15, 0.2) is 21.0 Å². The quantitative estimate of drug-likeness (QED) is 0.612. The summed E-state index contributed by atoms with van der Waals surface area (Å²) in [5, 5.41) is 0.732. The predicted molar refractivity (Wildman–Crippen MR) is 116 cm³/mol. The van der Waals surface area contributed by atoms with Crippen LogP contribution in [0.5, 0.6) is 0 Å². The molecule has 0 unspecified atom stereocenters. The number of hydrogen-bond donors (Lipinski definition) is 0. The summed E-state index contributed by atoms with van der Waals surface area (Å²) in [4.78, 5) is 27.4. The third kappa shape index (κ3) is 4.13. The summed E-state index contributed by atoms with van der Waals surface area (Å²) in [6.07, 6.45) is 0.355. The normalized spacial score (nSPS) is 17.9. The topological polar surface area (TPSA) is 84.7 Å². The van der Waals surface area contributed by atoms with Gasteiger partial charge in [-0.1, -0.05) is 41.9 Å². The number of amides is 1. The van der Waals surface area contributed by atoms with Crippen molar-refractivity contribution in [1.29, 1.82) is 0 Å². The van der Waals surface area contributed by atoms with Crippen LogP contribution < -0.4 is 5.43 Å².